The molecule has 15 atom stereocenters. The minimum absolute atomic E-state index is 0.0170. The average molecular weight is 966 g/mol. The number of carbonyl (C=O) groups is 5. The molecule has 1 saturated carbocycles. The van der Waals surface area contributed by atoms with Crippen molar-refractivity contribution in [2.45, 2.75) is 180 Å². The maximum Gasteiger partial charge on any atom is 0.329 e. The number of Topliss-reactive ketones (excluding diaryl/α,β-unsaturated/α-hetero) is 3. The van der Waals surface area contributed by atoms with E-state index in [4.69, 9.17) is 23.7 Å². The molecule has 384 valence electrons. The second kappa shape index (κ2) is 25.7. The van der Waals surface area contributed by atoms with Gasteiger partial charge in [0.2, 0.25) is 5.79 Å². The summed E-state index contributed by atoms with van der Waals surface area (Å²) in [6.07, 6.45) is 13.9. The number of hydrogen-bond acceptors (Lipinski definition) is 15. The third-order valence-electron chi connectivity index (χ3n) is 15.2. The minimum Gasteiger partial charge on any atom is -0.460 e. The molecule has 2 bridgehead atoms. The standard InChI is InChI=1S/C52H79N5O12/c1-31-16-12-11-13-17-32(2)43(65-8)28-39-21-19-37(7)52(64,69-39)49(61)50(62)56-23-15-14-18-41(56)51(63)68-44(34(4)26-38-20-22-40(45(27-38)66-9)57-30-53-54-55-57)29-42(58)33(3)25-36(6)47(60)48(67-10)46(59)35(5)24-31/h11-13,16-17,25,30-31,33-35,37-41,43-45,47-48,60,64H,14-15,18-24,26-29H2,1-10H3/b13-11?,16-12+,32-17?,36-25+/t31-,33-,34-,35-,37?,38+,39+,40+,41+,43+,44+,45-,47-,48+,52?/m1/s1. The van der Waals surface area contributed by atoms with Crippen molar-refractivity contribution < 1.29 is 57.9 Å². The number of hydrogen-bond donors (Lipinski definition) is 2. The molecule has 3 fully saturated rings. The van der Waals surface area contributed by atoms with E-state index >= 15 is 0 Å². The van der Waals surface area contributed by atoms with Gasteiger partial charge in [-0.3, -0.25) is 19.2 Å². The van der Waals surface area contributed by atoms with Gasteiger partial charge in [-0.15, -0.1) is 5.10 Å². The number of nitrogens with zero attached hydrogens (tertiary/aromatic N) is 5. The first kappa shape index (κ1) is 55.7. The zero-order chi connectivity index (χ0) is 50.6. The molecular formula is C52H79N5O12. The van der Waals surface area contributed by atoms with Gasteiger partial charge in [-0.2, -0.15) is 0 Å². The number of ketones is 3. The highest BCUT2D eigenvalue weighted by Crippen LogP contribution is 2.39. The number of cyclic esters (lactones) is 1. The van der Waals surface area contributed by atoms with Gasteiger partial charge in [-0.1, -0.05) is 71.1 Å². The Morgan fingerprint density at radius 3 is 2.32 bits per heavy atom. The lowest BCUT2D eigenvalue weighted by Crippen LogP contribution is -2.61. The average Bonchev–Trinajstić information content (AvgIpc) is 3.88. The lowest BCUT2D eigenvalue weighted by Gasteiger charge is -2.42. The largest absolute Gasteiger partial charge is 0.460 e. The molecule has 69 heavy (non-hydrogen) atoms. The van der Waals surface area contributed by atoms with Crippen LogP contribution in [0.5, 0.6) is 0 Å². The fourth-order valence-electron chi connectivity index (χ4n) is 10.7. The maximum absolute atomic E-state index is 14.5. The number of rotatable bonds is 7. The van der Waals surface area contributed by atoms with E-state index in [1.807, 2.05) is 58.1 Å². The van der Waals surface area contributed by atoms with Crippen molar-refractivity contribution in [2.24, 2.45) is 35.5 Å². The second-order valence-corrected chi connectivity index (χ2v) is 20.4. The Balaban J connectivity index is 1.46. The van der Waals surface area contributed by atoms with Crippen molar-refractivity contribution in [2.75, 3.05) is 27.9 Å². The van der Waals surface area contributed by atoms with Gasteiger partial charge in [0, 0.05) is 58.5 Å². The van der Waals surface area contributed by atoms with E-state index in [0.717, 1.165) is 18.4 Å². The van der Waals surface area contributed by atoms with Gasteiger partial charge in [-0.25, -0.2) is 9.48 Å². The van der Waals surface area contributed by atoms with Gasteiger partial charge in [0.1, 0.15) is 36.5 Å². The number of aromatic nitrogens is 4. The number of carbonyl (C=O) groups excluding carboxylic acids is 5. The Hall–Kier alpha value is -4.26. The van der Waals surface area contributed by atoms with Crippen molar-refractivity contribution in [3.8, 4) is 0 Å². The number of methoxy groups -OCH3 is 3. The van der Waals surface area contributed by atoms with Crippen LogP contribution in [0.2, 0.25) is 0 Å². The van der Waals surface area contributed by atoms with Crippen molar-refractivity contribution in [1.82, 2.24) is 25.1 Å². The molecule has 4 heterocycles. The summed E-state index contributed by atoms with van der Waals surface area (Å²) < 4.78 is 31.6. The summed E-state index contributed by atoms with van der Waals surface area (Å²) in [5, 5.41) is 35.2. The van der Waals surface area contributed by atoms with Gasteiger partial charge in [0.15, 0.2) is 5.78 Å². The zero-order valence-electron chi connectivity index (χ0n) is 42.5. The highest BCUT2D eigenvalue weighted by Gasteiger charge is 2.53. The van der Waals surface area contributed by atoms with E-state index < -0.39 is 77.8 Å². The van der Waals surface area contributed by atoms with Crippen molar-refractivity contribution in [3.05, 3.63) is 53.9 Å². The number of ether oxygens (including phenoxy) is 5. The zero-order valence-corrected chi connectivity index (χ0v) is 42.5. The predicted molar refractivity (Wildman–Crippen MR) is 256 cm³/mol. The first-order valence-corrected chi connectivity index (χ1v) is 25.0. The summed E-state index contributed by atoms with van der Waals surface area (Å²) in [6.45, 7) is 12.8. The Morgan fingerprint density at radius 2 is 1.64 bits per heavy atom. The van der Waals surface area contributed by atoms with Crippen LogP contribution in [0.1, 0.15) is 132 Å². The molecule has 3 aliphatic heterocycles. The van der Waals surface area contributed by atoms with E-state index in [9.17, 15) is 34.2 Å². The third kappa shape index (κ3) is 14.2. The minimum atomic E-state index is -2.43. The van der Waals surface area contributed by atoms with Crippen LogP contribution in [-0.2, 0) is 47.7 Å². The van der Waals surface area contributed by atoms with Gasteiger partial charge in [0.25, 0.3) is 11.7 Å². The number of tetrazole rings is 1. The first-order valence-electron chi connectivity index (χ1n) is 25.0. The van der Waals surface area contributed by atoms with Crippen molar-refractivity contribution >= 4 is 29.2 Å². The lowest BCUT2D eigenvalue weighted by molar-refractivity contribution is -0.265. The fourth-order valence-corrected chi connectivity index (χ4v) is 10.7. The Morgan fingerprint density at radius 1 is 0.884 bits per heavy atom. The quantitative estimate of drug-likeness (QED) is 0.181. The normalized spacial score (nSPS) is 37.5. The van der Waals surface area contributed by atoms with E-state index in [0.29, 0.717) is 56.9 Å². The van der Waals surface area contributed by atoms with E-state index in [2.05, 4.69) is 15.5 Å². The van der Waals surface area contributed by atoms with Crippen molar-refractivity contribution in [3.63, 3.8) is 0 Å². The fraction of sp³-hybridized carbons (Fsp3) is 0.731. The summed E-state index contributed by atoms with van der Waals surface area (Å²) in [5.74, 6) is -7.92. The lowest BCUT2D eigenvalue weighted by atomic mass is 9.77. The van der Waals surface area contributed by atoms with Crippen LogP contribution in [0.15, 0.2) is 53.9 Å². The molecule has 2 unspecified atom stereocenters. The van der Waals surface area contributed by atoms with Gasteiger partial charge >= 0.3 is 5.97 Å². The molecule has 0 spiro atoms. The molecule has 2 saturated heterocycles. The molecule has 1 aliphatic carbocycles. The number of fused-ring (bicyclic) bond motifs is 3. The van der Waals surface area contributed by atoms with E-state index in [1.165, 1.54) is 12.0 Å². The van der Waals surface area contributed by atoms with Gasteiger partial charge in [-0.05, 0) is 117 Å². The van der Waals surface area contributed by atoms with E-state index in [1.54, 1.807) is 52.1 Å². The molecular weight excluding hydrogens is 887 g/mol. The first-order chi connectivity index (χ1) is 32.8. The van der Waals surface area contributed by atoms with Crippen LogP contribution in [0.3, 0.4) is 0 Å². The summed E-state index contributed by atoms with van der Waals surface area (Å²) >= 11 is 0. The number of allylic oxidation sites excluding steroid dienone is 6. The molecule has 5 rings (SSSR count). The molecule has 2 N–H and O–H groups in total. The Labute approximate surface area is 408 Å². The van der Waals surface area contributed by atoms with Crippen molar-refractivity contribution in [1.29, 1.82) is 0 Å². The molecule has 4 aliphatic rings. The highest BCUT2D eigenvalue weighted by molar-refractivity contribution is 6.39. The smallest absolute Gasteiger partial charge is 0.329 e. The highest BCUT2D eigenvalue weighted by atomic mass is 16.6. The number of esters is 1. The molecule has 1 amide bonds. The summed E-state index contributed by atoms with van der Waals surface area (Å²) in [4.78, 5) is 72.3. The third-order valence-corrected chi connectivity index (χ3v) is 15.2. The predicted octanol–water partition coefficient (Wildman–Crippen LogP) is 6.05. The molecule has 17 nitrogen and oxygen atoms in total. The molecule has 0 aromatic carbocycles. The van der Waals surface area contributed by atoms with Crippen LogP contribution in [0, 0.1) is 35.5 Å². The molecule has 1 aromatic rings. The summed E-state index contributed by atoms with van der Waals surface area (Å²) in [5.41, 5.74) is 1.27. The SMILES string of the molecule is CO[C@H]1C[C@@H]2CCC(C)C(O)(O2)C(=O)C(=O)N2CCCC[C@H]2C(=O)O[C@H]([C@H](C)C[C@@H]2CC[C@H](n3cnnn3)[C@H](OC)C2)CC(=O)[C@H](C)/C=C(\C)[C@@H](O)[C@@H](OC)C(=O)[C@H](C)C[C@H](C)/C=C/C=CC=C1C. The number of piperidine rings is 1. The number of amides is 1. The van der Waals surface area contributed by atoms with Crippen LogP contribution >= 0.6 is 0 Å². The van der Waals surface area contributed by atoms with Gasteiger partial charge in [0.05, 0.1) is 24.4 Å². The maximum atomic E-state index is 14.5. The molecule has 17 heteroatoms. The Kier molecular flexibility index (Phi) is 20.8. The summed E-state index contributed by atoms with van der Waals surface area (Å²) in [7, 11) is 4.62. The molecule has 0 radical (unpaired) electrons. The van der Waals surface area contributed by atoms with E-state index in [-0.39, 0.29) is 60.9 Å². The number of aliphatic hydroxyl groups is 2. The monoisotopic (exact) mass is 966 g/mol. The summed E-state index contributed by atoms with van der Waals surface area (Å²) in [6, 6.07) is -1.19. The van der Waals surface area contributed by atoms with Crippen LogP contribution in [0.25, 0.3) is 0 Å². The van der Waals surface area contributed by atoms with Crippen LogP contribution < -0.4 is 0 Å². The molecule has 1 aromatic heterocycles. The number of aliphatic hydroxyl groups excluding tert-OH is 1. The van der Waals surface area contributed by atoms with Crippen LogP contribution in [-0.4, -0.2) is 141 Å². The Bertz CT molecular complexity index is 2020. The second-order valence-electron chi connectivity index (χ2n) is 20.4. The van der Waals surface area contributed by atoms with Crippen LogP contribution in [0.4, 0.5) is 0 Å². The topological polar surface area (TPSA) is 219 Å². The van der Waals surface area contributed by atoms with Gasteiger partial charge < -0.3 is 38.8 Å².